The van der Waals surface area contributed by atoms with Crippen molar-refractivity contribution < 1.29 is 9.84 Å². The van der Waals surface area contributed by atoms with Gasteiger partial charge in [-0.3, -0.25) is 0 Å². The summed E-state index contributed by atoms with van der Waals surface area (Å²) in [5, 5.41) is 12.9. The number of hydrogen-bond acceptors (Lipinski definition) is 6. The molecular weight excluding hydrogens is 426 g/mol. The van der Waals surface area contributed by atoms with E-state index in [2.05, 4.69) is 43.6 Å². The van der Waals surface area contributed by atoms with Gasteiger partial charge in [-0.05, 0) is 76.6 Å². The van der Waals surface area contributed by atoms with Crippen LogP contribution in [0.15, 0.2) is 40.7 Å². The largest absolute Gasteiger partial charge is 0.401 e. The third-order valence-corrected chi connectivity index (χ3v) is 6.69. The minimum Gasteiger partial charge on any atom is -0.401 e. The molecule has 0 saturated carbocycles. The number of pyridine rings is 1. The molecule has 1 unspecified atom stereocenters. The zero-order valence-electron chi connectivity index (χ0n) is 21.6. The molecule has 34 heavy (non-hydrogen) atoms. The average Bonchev–Trinajstić information content (AvgIpc) is 3.04. The fourth-order valence-electron chi connectivity index (χ4n) is 4.61. The Morgan fingerprint density at radius 2 is 2.00 bits per heavy atom. The van der Waals surface area contributed by atoms with Gasteiger partial charge in [0.15, 0.2) is 0 Å². The number of aliphatic hydroxyl groups is 1. The second-order valence-corrected chi connectivity index (χ2v) is 9.55. The fraction of sp³-hybridized carbons (Fsp3) is 0.519. The van der Waals surface area contributed by atoms with Crippen molar-refractivity contribution in [3.63, 3.8) is 0 Å². The zero-order valence-corrected chi connectivity index (χ0v) is 21.6. The lowest BCUT2D eigenvalue weighted by molar-refractivity contribution is 0.0615. The van der Waals surface area contributed by atoms with Crippen LogP contribution in [0.5, 0.6) is 0 Å². The summed E-state index contributed by atoms with van der Waals surface area (Å²) in [5.74, 6) is 6.73. The molecule has 2 aromatic heterocycles. The molecular formula is C27H41N5O2. The van der Waals surface area contributed by atoms with Crippen molar-refractivity contribution >= 4 is 17.1 Å². The molecule has 2 aromatic rings. The van der Waals surface area contributed by atoms with Gasteiger partial charge in [-0.1, -0.05) is 18.6 Å². The monoisotopic (exact) mass is 467 g/mol. The fourth-order valence-corrected chi connectivity index (χ4v) is 4.61. The normalized spacial score (nSPS) is 17.8. The highest BCUT2D eigenvalue weighted by Crippen LogP contribution is 2.32. The van der Waals surface area contributed by atoms with Gasteiger partial charge >= 0.3 is 0 Å². The minimum absolute atomic E-state index is 0.507. The molecule has 0 spiro atoms. The van der Waals surface area contributed by atoms with Crippen LogP contribution in [-0.2, 0) is 11.3 Å². The van der Waals surface area contributed by atoms with E-state index in [0.29, 0.717) is 17.3 Å². The molecule has 0 bridgehead atoms. The Morgan fingerprint density at radius 1 is 1.32 bits per heavy atom. The summed E-state index contributed by atoms with van der Waals surface area (Å²) < 4.78 is 7.91. The number of nitrogens with zero attached hydrogens (tertiary/aromatic N) is 3. The lowest BCUT2D eigenvalue weighted by Crippen LogP contribution is -2.28. The number of hydrogen-bond donors (Lipinski definition) is 3. The standard InChI is InChI=1S/C27H41N5O2/c1-7-17(2)14-22(26(19(4)28)31(6)29)15-25-18(3)23-8-9-24(20(5)33)30-27(23)32(25)16-21-10-12-34-13-11-21/h8-9,14-15,20-21,33H,7,10-13,16,28-29H2,1-6H3/b17-14+,22-15+,26-19-. The van der Waals surface area contributed by atoms with Crippen molar-refractivity contribution in [2.45, 2.75) is 66.5 Å². The van der Waals surface area contributed by atoms with Gasteiger partial charge in [-0.2, -0.15) is 0 Å². The molecule has 3 heterocycles. The van der Waals surface area contributed by atoms with Crippen LogP contribution in [0.4, 0.5) is 0 Å². The lowest BCUT2D eigenvalue weighted by atomic mass is 10.00. The van der Waals surface area contributed by atoms with Crippen molar-refractivity contribution in [2.75, 3.05) is 20.3 Å². The SMILES string of the molecule is CC/C(C)=C/C(=C\c1c(C)c2ccc(C(C)O)nc2n1CC1CCOCC1)C(=C(\C)N)/N(C)N. The van der Waals surface area contributed by atoms with Crippen molar-refractivity contribution in [1.29, 1.82) is 0 Å². The number of nitrogens with two attached hydrogens (primary N) is 2. The Labute approximate surface area is 203 Å². The van der Waals surface area contributed by atoms with E-state index in [9.17, 15) is 5.11 Å². The van der Waals surface area contributed by atoms with Crippen LogP contribution < -0.4 is 11.6 Å². The van der Waals surface area contributed by atoms with Crippen LogP contribution in [0.2, 0.25) is 0 Å². The summed E-state index contributed by atoms with van der Waals surface area (Å²) in [4.78, 5) is 4.89. The van der Waals surface area contributed by atoms with E-state index in [1.54, 1.807) is 11.9 Å². The third-order valence-electron chi connectivity index (χ3n) is 6.69. The van der Waals surface area contributed by atoms with Gasteiger partial charge in [0.1, 0.15) is 5.65 Å². The molecule has 7 heteroatoms. The molecule has 5 N–H and O–H groups in total. The summed E-state index contributed by atoms with van der Waals surface area (Å²) >= 11 is 0. The molecule has 1 saturated heterocycles. The Morgan fingerprint density at radius 3 is 2.56 bits per heavy atom. The van der Waals surface area contributed by atoms with Gasteiger partial charge in [-0.25, -0.2) is 10.8 Å². The smallest absolute Gasteiger partial charge is 0.141 e. The van der Waals surface area contributed by atoms with E-state index in [4.69, 9.17) is 21.3 Å². The van der Waals surface area contributed by atoms with E-state index >= 15 is 0 Å². The second-order valence-electron chi connectivity index (χ2n) is 9.55. The Bertz CT molecular complexity index is 1100. The average molecular weight is 468 g/mol. The van der Waals surface area contributed by atoms with Gasteiger partial charge in [0.05, 0.1) is 17.5 Å². The highest BCUT2D eigenvalue weighted by Gasteiger charge is 2.22. The molecule has 1 aliphatic rings. The molecule has 0 amide bonds. The Balaban J connectivity index is 2.29. The van der Waals surface area contributed by atoms with Gasteiger partial charge < -0.3 is 25.2 Å². The summed E-state index contributed by atoms with van der Waals surface area (Å²) in [5.41, 5.74) is 13.8. The maximum absolute atomic E-state index is 10.2. The zero-order chi connectivity index (χ0) is 25.0. The highest BCUT2D eigenvalue weighted by molar-refractivity contribution is 5.86. The summed E-state index contributed by atoms with van der Waals surface area (Å²) in [6, 6.07) is 3.99. The number of allylic oxidation sites excluding steroid dienone is 3. The Kier molecular flexibility index (Phi) is 8.57. The molecule has 1 atom stereocenters. The molecule has 1 fully saturated rings. The quantitative estimate of drug-likeness (QED) is 0.299. The van der Waals surface area contributed by atoms with E-state index in [1.165, 1.54) is 5.57 Å². The molecule has 1 aliphatic heterocycles. The van der Waals surface area contributed by atoms with Crippen LogP contribution in [-0.4, -0.2) is 39.9 Å². The number of rotatable bonds is 8. The minimum atomic E-state index is -0.624. The van der Waals surface area contributed by atoms with Gasteiger partial charge in [0.25, 0.3) is 0 Å². The van der Waals surface area contributed by atoms with E-state index in [1.807, 2.05) is 20.0 Å². The molecule has 0 aromatic carbocycles. The molecule has 0 aliphatic carbocycles. The third kappa shape index (κ3) is 5.71. The summed E-state index contributed by atoms with van der Waals surface area (Å²) in [6.45, 7) is 12.5. The number of aryl methyl sites for hydroxylation is 1. The van der Waals surface area contributed by atoms with Crippen molar-refractivity contribution in [2.24, 2.45) is 17.5 Å². The van der Waals surface area contributed by atoms with E-state index < -0.39 is 6.10 Å². The lowest BCUT2D eigenvalue weighted by Gasteiger charge is -2.24. The van der Waals surface area contributed by atoms with Gasteiger partial charge in [0, 0.05) is 49.2 Å². The molecule has 0 radical (unpaired) electrons. The Hall–Kier alpha value is -2.61. The number of aliphatic hydroxyl groups excluding tert-OH is 1. The van der Waals surface area contributed by atoms with Crippen molar-refractivity contribution in [3.05, 3.63) is 57.7 Å². The number of hydrazine groups is 1. The molecule has 3 rings (SSSR count). The van der Waals surface area contributed by atoms with Gasteiger partial charge in [0.2, 0.25) is 0 Å². The summed E-state index contributed by atoms with van der Waals surface area (Å²) in [7, 11) is 1.82. The molecule has 7 nitrogen and oxygen atoms in total. The van der Waals surface area contributed by atoms with Crippen LogP contribution in [0.1, 0.15) is 70.0 Å². The van der Waals surface area contributed by atoms with Crippen molar-refractivity contribution in [1.82, 2.24) is 14.6 Å². The van der Waals surface area contributed by atoms with Gasteiger partial charge in [-0.15, -0.1) is 0 Å². The van der Waals surface area contributed by atoms with E-state index in [-0.39, 0.29) is 0 Å². The predicted molar refractivity (Wildman–Crippen MR) is 140 cm³/mol. The second kappa shape index (κ2) is 11.2. The van der Waals surface area contributed by atoms with Crippen LogP contribution >= 0.6 is 0 Å². The first kappa shape index (κ1) is 26.0. The maximum atomic E-state index is 10.2. The first-order valence-electron chi connectivity index (χ1n) is 12.2. The van der Waals surface area contributed by atoms with Crippen LogP contribution in [0.25, 0.3) is 17.1 Å². The first-order chi connectivity index (χ1) is 16.1. The van der Waals surface area contributed by atoms with E-state index in [0.717, 1.165) is 72.6 Å². The number of ether oxygens (including phenoxy) is 1. The highest BCUT2D eigenvalue weighted by atomic mass is 16.5. The molecule has 186 valence electrons. The first-order valence-corrected chi connectivity index (χ1v) is 12.2. The number of fused-ring (bicyclic) bond motifs is 1. The number of aromatic nitrogens is 2. The summed E-state index contributed by atoms with van der Waals surface area (Å²) in [6.07, 6.45) is 6.72. The predicted octanol–water partition coefficient (Wildman–Crippen LogP) is 4.56. The topological polar surface area (TPSA) is 103 Å². The van der Waals surface area contributed by atoms with Crippen molar-refractivity contribution in [3.8, 4) is 0 Å². The van der Waals surface area contributed by atoms with Crippen LogP contribution in [0.3, 0.4) is 0 Å². The number of likely N-dealkylation sites (N-methyl/N-ethyl adjacent to an activating group) is 1. The van der Waals surface area contributed by atoms with Crippen LogP contribution in [0, 0.1) is 12.8 Å². The maximum Gasteiger partial charge on any atom is 0.141 e.